The van der Waals surface area contributed by atoms with Crippen molar-refractivity contribution in [1.29, 1.82) is 0 Å². The second kappa shape index (κ2) is 6.24. The Hall–Kier alpha value is -1.41. The van der Waals surface area contributed by atoms with Gasteiger partial charge in [0, 0.05) is 31.4 Å². The maximum atomic E-state index is 12.3. The molecule has 2 heterocycles. The van der Waals surface area contributed by atoms with E-state index < -0.39 is 24.8 Å². The number of aromatic nitrogens is 2. The zero-order valence-electron chi connectivity index (χ0n) is 12.6. The van der Waals surface area contributed by atoms with Gasteiger partial charge in [-0.2, -0.15) is 13.2 Å². The van der Waals surface area contributed by atoms with Crippen molar-refractivity contribution < 1.29 is 23.4 Å². The van der Waals surface area contributed by atoms with Crippen molar-refractivity contribution in [2.24, 2.45) is 11.8 Å². The molecule has 1 saturated heterocycles. The Balaban J connectivity index is 1.66. The van der Waals surface area contributed by atoms with Gasteiger partial charge in [0.25, 0.3) is 0 Å². The van der Waals surface area contributed by atoms with Gasteiger partial charge in [-0.1, -0.05) is 0 Å². The lowest BCUT2D eigenvalue weighted by atomic mass is 9.79. The number of alkyl halides is 3. The molecule has 1 aromatic heterocycles. The summed E-state index contributed by atoms with van der Waals surface area (Å²) in [6, 6.07) is 1.51. The fraction of sp³-hybridized carbons (Fsp3) is 0.733. The summed E-state index contributed by atoms with van der Waals surface area (Å²) in [7, 11) is 0. The lowest BCUT2D eigenvalue weighted by Crippen LogP contribution is -2.38. The molecule has 0 aromatic carbocycles. The van der Waals surface area contributed by atoms with Crippen molar-refractivity contribution >= 4 is 5.95 Å². The van der Waals surface area contributed by atoms with Crippen LogP contribution in [0.15, 0.2) is 12.3 Å². The summed E-state index contributed by atoms with van der Waals surface area (Å²) >= 11 is 0. The molecule has 0 spiro atoms. The topological polar surface area (TPSA) is 69.5 Å². The second-order valence-electron chi connectivity index (χ2n) is 6.49. The minimum atomic E-state index is -4.19. The lowest BCUT2D eigenvalue weighted by Gasteiger charge is -2.31. The summed E-state index contributed by atoms with van der Waals surface area (Å²) in [4.78, 5) is 10.4. The number of aryl methyl sites for hydroxylation is 1. The largest absolute Gasteiger partial charge is 0.390 e. The summed E-state index contributed by atoms with van der Waals surface area (Å²) in [6.45, 7) is 1.33. The van der Waals surface area contributed by atoms with Gasteiger partial charge < -0.3 is 15.1 Å². The number of hydrogen-bond donors (Lipinski definition) is 2. The van der Waals surface area contributed by atoms with Gasteiger partial charge in [-0.25, -0.2) is 9.97 Å². The third-order valence-electron chi connectivity index (χ3n) is 4.76. The number of rotatable bonds is 3. The van der Waals surface area contributed by atoms with Crippen LogP contribution in [0.5, 0.6) is 0 Å². The Morgan fingerprint density at radius 1 is 1.13 bits per heavy atom. The normalized spacial score (nSPS) is 31.3. The van der Waals surface area contributed by atoms with Gasteiger partial charge in [-0.05, 0) is 37.2 Å². The highest BCUT2D eigenvalue weighted by Crippen LogP contribution is 2.37. The molecule has 3 rings (SSSR count). The van der Waals surface area contributed by atoms with Gasteiger partial charge in [-0.3, -0.25) is 0 Å². The molecule has 1 saturated carbocycles. The first-order valence-corrected chi connectivity index (χ1v) is 7.81. The maximum Gasteiger partial charge on any atom is 0.389 e. The van der Waals surface area contributed by atoms with Crippen molar-refractivity contribution in [2.75, 3.05) is 18.0 Å². The van der Waals surface area contributed by atoms with Crippen LogP contribution in [0, 0.1) is 11.8 Å². The quantitative estimate of drug-likeness (QED) is 0.879. The average molecular weight is 331 g/mol. The molecule has 0 radical (unpaired) electrons. The third-order valence-corrected chi connectivity index (χ3v) is 4.76. The minimum Gasteiger partial charge on any atom is -0.390 e. The van der Waals surface area contributed by atoms with Crippen LogP contribution in [0.25, 0.3) is 0 Å². The first-order chi connectivity index (χ1) is 10.8. The molecule has 23 heavy (non-hydrogen) atoms. The monoisotopic (exact) mass is 331 g/mol. The predicted octanol–water partition coefficient (Wildman–Crippen LogP) is 1.54. The first kappa shape index (κ1) is 16.4. The van der Waals surface area contributed by atoms with E-state index in [4.69, 9.17) is 0 Å². The van der Waals surface area contributed by atoms with E-state index in [0.29, 0.717) is 37.6 Å². The van der Waals surface area contributed by atoms with Crippen LogP contribution in [0.1, 0.15) is 25.0 Å². The van der Waals surface area contributed by atoms with Gasteiger partial charge in [0.1, 0.15) is 0 Å². The van der Waals surface area contributed by atoms with Crippen LogP contribution in [0.3, 0.4) is 0 Å². The van der Waals surface area contributed by atoms with Crippen molar-refractivity contribution in [1.82, 2.24) is 9.97 Å². The molecule has 2 fully saturated rings. The Labute approximate surface area is 132 Å². The number of nitrogens with zero attached hydrogens (tertiary/aromatic N) is 3. The molecule has 2 aliphatic rings. The van der Waals surface area contributed by atoms with E-state index in [9.17, 15) is 23.4 Å². The molecule has 8 heteroatoms. The molecule has 128 valence electrons. The van der Waals surface area contributed by atoms with E-state index in [2.05, 4.69) is 9.97 Å². The minimum absolute atomic E-state index is 0.156. The average Bonchev–Trinajstić information content (AvgIpc) is 2.88. The summed E-state index contributed by atoms with van der Waals surface area (Å²) < 4.78 is 36.9. The zero-order chi connectivity index (χ0) is 16.6. The van der Waals surface area contributed by atoms with E-state index in [1.54, 1.807) is 0 Å². The molecule has 5 nitrogen and oxygen atoms in total. The number of hydrogen-bond acceptors (Lipinski definition) is 5. The van der Waals surface area contributed by atoms with Crippen LogP contribution in [-0.4, -0.2) is 51.7 Å². The summed E-state index contributed by atoms with van der Waals surface area (Å²) in [5.74, 6) is 0.953. The van der Waals surface area contributed by atoms with E-state index >= 15 is 0 Å². The first-order valence-electron chi connectivity index (χ1n) is 7.81. The Bertz CT molecular complexity index is 537. The molecule has 2 N–H and O–H groups in total. The molecule has 0 amide bonds. The molecule has 0 unspecified atom stereocenters. The molecular formula is C15H20F3N3O2. The second-order valence-corrected chi connectivity index (χ2v) is 6.49. The SMILES string of the molecule is O[C@H]1C[C@@H]2CN(c3nccc(CCC(F)(F)F)n3)C[C@@H]2C[C@@H]1O. The summed E-state index contributed by atoms with van der Waals surface area (Å²) in [5.41, 5.74) is 0.377. The number of aliphatic hydroxyl groups excluding tert-OH is 2. The van der Waals surface area contributed by atoms with E-state index in [-0.39, 0.29) is 18.3 Å². The smallest absolute Gasteiger partial charge is 0.389 e. The molecule has 0 bridgehead atoms. The Morgan fingerprint density at radius 2 is 1.74 bits per heavy atom. The van der Waals surface area contributed by atoms with Crippen LogP contribution >= 0.6 is 0 Å². The van der Waals surface area contributed by atoms with Gasteiger partial charge in [0.15, 0.2) is 0 Å². The highest BCUT2D eigenvalue weighted by molar-refractivity contribution is 5.33. The zero-order valence-corrected chi connectivity index (χ0v) is 12.6. The van der Waals surface area contributed by atoms with E-state index in [1.165, 1.54) is 12.3 Å². The Kier molecular flexibility index (Phi) is 4.46. The summed E-state index contributed by atoms with van der Waals surface area (Å²) in [5, 5.41) is 19.5. The van der Waals surface area contributed by atoms with E-state index in [0.717, 1.165) is 0 Å². The predicted molar refractivity (Wildman–Crippen MR) is 76.8 cm³/mol. The molecule has 1 aromatic rings. The number of anilines is 1. The van der Waals surface area contributed by atoms with Crippen LogP contribution in [0.2, 0.25) is 0 Å². The van der Waals surface area contributed by atoms with Crippen LogP contribution in [0.4, 0.5) is 19.1 Å². The highest BCUT2D eigenvalue weighted by atomic mass is 19.4. The lowest BCUT2D eigenvalue weighted by molar-refractivity contribution is -0.134. The fourth-order valence-corrected chi connectivity index (χ4v) is 3.52. The summed E-state index contributed by atoms with van der Waals surface area (Å²) in [6.07, 6.45) is -4.08. The van der Waals surface area contributed by atoms with Gasteiger partial charge in [0.05, 0.1) is 12.2 Å². The standard InChI is InChI=1S/C15H20F3N3O2/c16-15(17,18)3-1-11-2-4-19-14(20-11)21-7-9-5-12(22)13(23)6-10(9)8-21/h2,4,9-10,12-13,22-23H,1,3,5-8H2/t9-,10+,12-,13-/m0/s1. The van der Waals surface area contributed by atoms with Crippen molar-refractivity contribution in [2.45, 2.75) is 44.1 Å². The van der Waals surface area contributed by atoms with Gasteiger partial charge in [0.2, 0.25) is 5.95 Å². The molecular weight excluding hydrogens is 311 g/mol. The van der Waals surface area contributed by atoms with Gasteiger partial charge >= 0.3 is 6.18 Å². The van der Waals surface area contributed by atoms with Crippen LogP contribution < -0.4 is 4.90 Å². The van der Waals surface area contributed by atoms with E-state index in [1.807, 2.05) is 4.90 Å². The molecule has 1 aliphatic carbocycles. The number of aliphatic hydroxyl groups is 2. The van der Waals surface area contributed by atoms with Crippen molar-refractivity contribution in [3.05, 3.63) is 18.0 Å². The highest BCUT2D eigenvalue weighted by Gasteiger charge is 2.41. The third kappa shape index (κ3) is 3.92. The van der Waals surface area contributed by atoms with Gasteiger partial charge in [-0.15, -0.1) is 0 Å². The van der Waals surface area contributed by atoms with Crippen LogP contribution in [-0.2, 0) is 6.42 Å². The molecule has 1 aliphatic heterocycles. The fourth-order valence-electron chi connectivity index (χ4n) is 3.52. The van der Waals surface area contributed by atoms with Crippen molar-refractivity contribution in [3.8, 4) is 0 Å². The maximum absolute atomic E-state index is 12.3. The Morgan fingerprint density at radius 3 is 2.30 bits per heavy atom. The number of fused-ring (bicyclic) bond motifs is 1. The number of halogens is 3. The molecule has 4 atom stereocenters. The van der Waals surface area contributed by atoms with Crippen molar-refractivity contribution in [3.63, 3.8) is 0 Å².